The summed E-state index contributed by atoms with van der Waals surface area (Å²) < 4.78 is 0. The molecule has 0 fully saturated rings. The van der Waals surface area contributed by atoms with Gasteiger partial charge in [0.05, 0.1) is 6.61 Å². The number of fused-ring (bicyclic) bond motifs is 1. The minimum absolute atomic E-state index is 0.123. The number of rotatable bonds is 1. The number of aliphatic hydroxyl groups is 1. The van der Waals surface area contributed by atoms with Gasteiger partial charge in [-0.2, -0.15) is 0 Å². The quantitative estimate of drug-likeness (QED) is 0.652. The van der Waals surface area contributed by atoms with Crippen LogP contribution in [-0.2, 0) is 0 Å². The molecule has 1 aliphatic carbocycles. The maximum absolute atomic E-state index is 9.08. The Hall–Kier alpha value is -0.860. The minimum atomic E-state index is 0.123. The Kier molecular flexibility index (Phi) is 1.87. The summed E-state index contributed by atoms with van der Waals surface area (Å²) in [5.41, 5.74) is 8.34. The van der Waals surface area contributed by atoms with Crippen LogP contribution in [0, 0.1) is 0 Å². The van der Waals surface area contributed by atoms with Crippen molar-refractivity contribution in [1.82, 2.24) is 0 Å². The molecule has 0 amide bonds. The van der Waals surface area contributed by atoms with E-state index in [1.165, 1.54) is 11.1 Å². The molecule has 0 bridgehead atoms. The summed E-state index contributed by atoms with van der Waals surface area (Å²) in [6.07, 6.45) is 0.885. The van der Waals surface area contributed by atoms with Crippen LogP contribution in [0.2, 0.25) is 0 Å². The zero-order valence-electron chi connectivity index (χ0n) is 6.90. The van der Waals surface area contributed by atoms with Gasteiger partial charge in [-0.3, -0.25) is 0 Å². The molecule has 2 heteroatoms. The van der Waals surface area contributed by atoms with Crippen molar-refractivity contribution >= 4 is 0 Å². The van der Waals surface area contributed by atoms with Crippen LogP contribution < -0.4 is 5.73 Å². The fourth-order valence-electron chi connectivity index (χ4n) is 1.95. The molecule has 3 N–H and O–H groups in total. The molecule has 2 rings (SSSR count). The Bertz CT molecular complexity index is 285. The highest BCUT2D eigenvalue weighted by atomic mass is 16.3. The molecular weight excluding hydrogens is 150 g/mol. The fourth-order valence-corrected chi connectivity index (χ4v) is 1.95. The molecule has 1 aromatic rings. The second kappa shape index (κ2) is 2.88. The maximum Gasteiger partial charge on any atom is 0.0500 e. The smallest absolute Gasteiger partial charge is 0.0500 e. The van der Waals surface area contributed by atoms with E-state index in [2.05, 4.69) is 12.1 Å². The van der Waals surface area contributed by atoms with E-state index in [0.29, 0.717) is 0 Å². The first-order valence-electron chi connectivity index (χ1n) is 4.28. The van der Waals surface area contributed by atoms with Crippen LogP contribution in [0.15, 0.2) is 24.3 Å². The fraction of sp³-hybridized carbons (Fsp3) is 0.400. The van der Waals surface area contributed by atoms with E-state index < -0.39 is 0 Å². The Morgan fingerprint density at radius 1 is 1.33 bits per heavy atom. The van der Waals surface area contributed by atoms with Gasteiger partial charge in [-0.05, 0) is 17.5 Å². The van der Waals surface area contributed by atoms with Crippen LogP contribution in [0.5, 0.6) is 0 Å². The molecule has 12 heavy (non-hydrogen) atoms. The number of aliphatic hydroxyl groups excluding tert-OH is 1. The normalized spacial score (nSPS) is 27.2. The van der Waals surface area contributed by atoms with Crippen molar-refractivity contribution in [1.29, 1.82) is 0 Å². The van der Waals surface area contributed by atoms with Crippen molar-refractivity contribution in [3.8, 4) is 0 Å². The van der Waals surface area contributed by atoms with Crippen molar-refractivity contribution in [2.24, 2.45) is 5.73 Å². The van der Waals surface area contributed by atoms with Gasteiger partial charge in [-0.25, -0.2) is 0 Å². The Labute approximate surface area is 72.0 Å². The summed E-state index contributed by atoms with van der Waals surface area (Å²) in [7, 11) is 0. The average molecular weight is 163 g/mol. The zero-order chi connectivity index (χ0) is 8.55. The van der Waals surface area contributed by atoms with E-state index in [9.17, 15) is 0 Å². The topological polar surface area (TPSA) is 46.2 Å². The highest BCUT2D eigenvalue weighted by molar-refractivity contribution is 5.37. The van der Waals surface area contributed by atoms with Gasteiger partial charge in [-0.15, -0.1) is 0 Å². The number of benzene rings is 1. The summed E-state index contributed by atoms with van der Waals surface area (Å²) in [6.45, 7) is 0.213. The molecule has 0 aromatic heterocycles. The lowest BCUT2D eigenvalue weighted by atomic mass is 10.0. The predicted octanol–water partition coefficient (Wildman–Crippen LogP) is 1.17. The summed E-state index contributed by atoms with van der Waals surface area (Å²) in [5, 5.41) is 9.08. The van der Waals surface area contributed by atoms with Crippen LogP contribution in [0.3, 0.4) is 0 Å². The molecule has 0 heterocycles. The van der Waals surface area contributed by atoms with Crippen LogP contribution in [0.25, 0.3) is 0 Å². The highest BCUT2D eigenvalue weighted by Crippen LogP contribution is 2.37. The van der Waals surface area contributed by atoms with Crippen LogP contribution >= 0.6 is 0 Å². The van der Waals surface area contributed by atoms with Crippen LogP contribution in [0.4, 0.5) is 0 Å². The van der Waals surface area contributed by atoms with E-state index in [1.54, 1.807) is 0 Å². The second-order valence-electron chi connectivity index (χ2n) is 3.35. The third-order valence-electron chi connectivity index (χ3n) is 2.59. The summed E-state index contributed by atoms with van der Waals surface area (Å²) >= 11 is 0. The molecule has 2 nitrogen and oxygen atoms in total. The Balaban J connectivity index is 2.43. The van der Waals surface area contributed by atoms with Crippen molar-refractivity contribution in [2.45, 2.75) is 18.4 Å². The molecule has 1 aromatic carbocycles. The third kappa shape index (κ3) is 1.04. The predicted molar refractivity (Wildman–Crippen MR) is 47.8 cm³/mol. The molecular formula is C10H13NO. The Morgan fingerprint density at radius 2 is 2.00 bits per heavy atom. The van der Waals surface area contributed by atoms with Crippen LogP contribution in [0.1, 0.15) is 29.5 Å². The van der Waals surface area contributed by atoms with E-state index >= 15 is 0 Å². The molecule has 0 saturated carbocycles. The second-order valence-corrected chi connectivity index (χ2v) is 3.35. The van der Waals surface area contributed by atoms with Crippen molar-refractivity contribution in [3.63, 3.8) is 0 Å². The van der Waals surface area contributed by atoms with Gasteiger partial charge in [0.15, 0.2) is 0 Å². The number of hydrogen-bond donors (Lipinski definition) is 2. The van der Waals surface area contributed by atoms with Gasteiger partial charge in [0, 0.05) is 12.0 Å². The minimum Gasteiger partial charge on any atom is -0.396 e. The van der Waals surface area contributed by atoms with E-state index in [-0.39, 0.29) is 18.6 Å². The summed E-state index contributed by atoms with van der Waals surface area (Å²) in [6, 6.07) is 8.23. The number of hydrogen-bond acceptors (Lipinski definition) is 2. The lowest BCUT2D eigenvalue weighted by Gasteiger charge is -2.05. The average Bonchev–Trinajstić information content (AvgIpc) is 2.44. The molecule has 1 aliphatic rings. The molecule has 2 atom stereocenters. The molecule has 0 aliphatic heterocycles. The third-order valence-corrected chi connectivity index (χ3v) is 2.59. The Morgan fingerprint density at radius 3 is 2.67 bits per heavy atom. The van der Waals surface area contributed by atoms with E-state index in [1.807, 2.05) is 12.1 Å². The maximum atomic E-state index is 9.08. The molecule has 64 valence electrons. The van der Waals surface area contributed by atoms with Crippen molar-refractivity contribution in [2.75, 3.05) is 6.61 Å². The van der Waals surface area contributed by atoms with Gasteiger partial charge in [0.1, 0.15) is 0 Å². The highest BCUT2D eigenvalue weighted by Gasteiger charge is 2.26. The van der Waals surface area contributed by atoms with Gasteiger partial charge < -0.3 is 10.8 Å². The molecule has 2 unspecified atom stereocenters. The molecule has 0 saturated heterocycles. The lowest BCUT2D eigenvalue weighted by Crippen LogP contribution is -2.06. The zero-order valence-corrected chi connectivity index (χ0v) is 6.90. The summed E-state index contributed by atoms with van der Waals surface area (Å²) in [5.74, 6) is 0.260. The van der Waals surface area contributed by atoms with Gasteiger partial charge in [-0.1, -0.05) is 24.3 Å². The SMILES string of the molecule is NC1CC(CO)c2ccccc21. The summed E-state index contributed by atoms with van der Waals surface area (Å²) in [4.78, 5) is 0. The number of nitrogens with two attached hydrogens (primary N) is 1. The first kappa shape index (κ1) is 7.77. The standard InChI is InChI=1S/C10H13NO/c11-10-5-7(6-12)8-3-1-2-4-9(8)10/h1-4,7,10,12H,5-6,11H2. The first-order chi connectivity index (χ1) is 5.83. The first-order valence-corrected chi connectivity index (χ1v) is 4.28. The monoisotopic (exact) mass is 163 g/mol. The van der Waals surface area contributed by atoms with Crippen LogP contribution in [-0.4, -0.2) is 11.7 Å². The van der Waals surface area contributed by atoms with Gasteiger partial charge in [0.2, 0.25) is 0 Å². The molecule has 0 radical (unpaired) electrons. The van der Waals surface area contributed by atoms with Gasteiger partial charge in [0.25, 0.3) is 0 Å². The van der Waals surface area contributed by atoms with Crippen molar-refractivity contribution in [3.05, 3.63) is 35.4 Å². The van der Waals surface area contributed by atoms with E-state index in [4.69, 9.17) is 10.8 Å². The van der Waals surface area contributed by atoms with E-state index in [0.717, 1.165) is 6.42 Å². The van der Waals surface area contributed by atoms with Gasteiger partial charge >= 0.3 is 0 Å². The largest absolute Gasteiger partial charge is 0.396 e. The van der Waals surface area contributed by atoms with Crippen molar-refractivity contribution < 1.29 is 5.11 Å². The molecule has 0 spiro atoms. The lowest BCUT2D eigenvalue weighted by molar-refractivity contribution is 0.261.